The van der Waals surface area contributed by atoms with Gasteiger partial charge in [-0.15, -0.1) is 0 Å². The molecule has 1 aliphatic carbocycles. The highest BCUT2D eigenvalue weighted by Crippen LogP contribution is 2.28. The maximum atomic E-state index is 12.4. The number of Topliss-reactive ketones (excluding diaryl/α,β-unsaturated/α-hetero) is 1. The van der Waals surface area contributed by atoms with Crippen molar-refractivity contribution in [1.29, 1.82) is 0 Å². The van der Waals surface area contributed by atoms with E-state index in [0.717, 1.165) is 5.56 Å². The summed E-state index contributed by atoms with van der Waals surface area (Å²) in [6.45, 7) is 4.48. The Balaban J connectivity index is 2.49. The Bertz CT molecular complexity index is 760. The number of allylic oxidation sites excluding steroid dienone is 3. The summed E-state index contributed by atoms with van der Waals surface area (Å²) in [5, 5.41) is 0. The zero-order valence-electron chi connectivity index (χ0n) is 14.1. The molecule has 1 atom stereocenters. The largest absolute Gasteiger partial charge is 0.363 e. The molecule has 6 heteroatoms. The summed E-state index contributed by atoms with van der Waals surface area (Å²) in [6.07, 6.45) is 0.685. The summed E-state index contributed by atoms with van der Waals surface area (Å²) in [5.74, 6) is -0.964. The number of ether oxygens (including phenoxy) is 1. The van der Waals surface area contributed by atoms with Crippen LogP contribution in [0, 0.1) is 0 Å². The lowest BCUT2D eigenvalue weighted by Gasteiger charge is -2.27. The summed E-state index contributed by atoms with van der Waals surface area (Å²) >= 11 is 0. The van der Waals surface area contributed by atoms with E-state index in [9.17, 15) is 14.4 Å². The minimum absolute atomic E-state index is 0.0851. The van der Waals surface area contributed by atoms with Gasteiger partial charge in [0.1, 0.15) is 11.9 Å². The minimum Gasteiger partial charge on any atom is -0.363 e. The Morgan fingerprint density at radius 1 is 1.17 bits per heavy atom. The molecule has 0 spiro atoms. The maximum absolute atomic E-state index is 12.4. The van der Waals surface area contributed by atoms with Gasteiger partial charge in [-0.1, -0.05) is 12.1 Å². The monoisotopic (exact) mass is 328 g/mol. The molecule has 126 valence electrons. The number of hydrogen-bond acceptors (Lipinski definition) is 5. The van der Waals surface area contributed by atoms with Gasteiger partial charge in [-0.25, -0.2) is 0 Å². The van der Waals surface area contributed by atoms with E-state index in [1.807, 2.05) is 0 Å². The highest BCUT2D eigenvalue weighted by molar-refractivity contribution is 6.25. The number of nitrogens with zero attached hydrogens (tertiary/aromatic N) is 1. The highest BCUT2D eigenvalue weighted by atomic mass is 16.5. The Labute approximate surface area is 140 Å². The molecule has 0 saturated heterocycles. The summed E-state index contributed by atoms with van der Waals surface area (Å²) in [7, 11) is 1.50. The van der Waals surface area contributed by atoms with Crippen LogP contribution in [0.25, 0.3) is 0 Å². The molecule has 2 rings (SSSR count). The molecule has 1 amide bonds. The van der Waals surface area contributed by atoms with Crippen molar-refractivity contribution < 1.29 is 19.1 Å². The highest BCUT2D eigenvalue weighted by Gasteiger charge is 2.30. The molecule has 0 fully saturated rings. The normalized spacial score (nSPS) is 16.1. The second kappa shape index (κ2) is 6.90. The molecule has 1 aromatic rings. The van der Waals surface area contributed by atoms with Crippen LogP contribution in [0.3, 0.4) is 0 Å². The number of carbonyl (C=O) groups excluding carboxylic acids is 3. The third kappa shape index (κ3) is 3.20. The van der Waals surface area contributed by atoms with Crippen LogP contribution in [0.15, 0.2) is 47.2 Å². The molecule has 0 radical (unpaired) electrons. The Morgan fingerprint density at radius 3 is 2.25 bits per heavy atom. The predicted molar refractivity (Wildman–Crippen MR) is 90.0 cm³/mol. The van der Waals surface area contributed by atoms with Gasteiger partial charge in [0.2, 0.25) is 11.7 Å². The van der Waals surface area contributed by atoms with Crippen molar-refractivity contribution in [3.05, 3.63) is 52.7 Å². The molecule has 0 aromatic heterocycles. The molecule has 0 aliphatic heterocycles. The second-order valence-corrected chi connectivity index (χ2v) is 5.60. The van der Waals surface area contributed by atoms with Gasteiger partial charge in [0.25, 0.3) is 0 Å². The third-order valence-electron chi connectivity index (χ3n) is 3.91. The van der Waals surface area contributed by atoms with Gasteiger partial charge >= 0.3 is 0 Å². The number of anilines is 1. The van der Waals surface area contributed by atoms with E-state index in [4.69, 9.17) is 10.5 Å². The fraction of sp³-hybridized carbons (Fsp3) is 0.278. The van der Waals surface area contributed by atoms with Crippen LogP contribution in [-0.2, 0) is 19.1 Å². The van der Waals surface area contributed by atoms with Crippen molar-refractivity contribution in [3.63, 3.8) is 0 Å². The Morgan fingerprint density at radius 2 is 1.75 bits per heavy atom. The van der Waals surface area contributed by atoms with E-state index in [0.29, 0.717) is 11.3 Å². The van der Waals surface area contributed by atoms with Crippen molar-refractivity contribution in [1.82, 2.24) is 0 Å². The van der Waals surface area contributed by atoms with Crippen LogP contribution < -0.4 is 10.6 Å². The number of hydrogen-bond donors (Lipinski definition) is 1. The maximum Gasteiger partial charge on any atom is 0.228 e. The minimum atomic E-state index is -0.575. The number of ketones is 2. The van der Waals surface area contributed by atoms with Crippen molar-refractivity contribution in [2.75, 3.05) is 12.0 Å². The fourth-order valence-electron chi connectivity index (χ4n) is 2.61. The first kappa shape index (κ1) is 17.8. The number of nitrogens with two attached hydrogens (primary N) is 1. The molecular weight excluding hydrogens is 308 g/mol. The summed E-state index contributed by atoms with van der Waals surface area (Å²) in [4.78, 5) is 38.0. The van der Waals surface area contributed by atoms with E-state index >= 15 is 0 Å². The third-order valence-corrected chi connectivity index (χ3v) is 3.91. The van der Waals surface area contributed by atoms with Crippen molar-refractivity contribution >= 4 is 23.2 Å². The van der Waals surface area contributed by atoms with E-state index in [2.05, 4.69) is 0 Å². The molecule has 24 heavy (non-hydrogen) atoms. The number of methoxy groups -OCH3 is 1. The quantitative estimate of drug-likeness (QED) is 0.674. The molecule has 6 nitrogen and oxygen atoms in total. The summed E-state index contributed by atoms with van der Waals surface area (Å²) in [5.41, 5.74) is 7.71. The van der Waals surface area contributed by atoms with Crippen LogP contribution in [0.2, 0.25) is 0 Å². The lowest BCUT2D eigenvalue weighted by molar-refractivity contribution is -0.118. The number of benzene rings is 1. The van der Waals surface area contributed by atoms with Crippen LogP contribution >= 0.6 is 0 Å². The van der Waals surface area contributed by atoms with Crippen LogP contribution in [-0.4, -0.2) is 24.6 Å². The van der Waals surface area contributed by atoms with Crippen molar-refractivity contribution in [3.8, 4) is 0 Å². The molecule has 1 aliphatic rings. The first-order valence-electron chi connectivity index (χ1n) is 7.45. The lowest BCUT2D eigenvalue weighted by Crippen LogP contribution is -2.35. The Kier molecular flexibility index (Phi) is 5.11. The number of rotatable bonds is 4. The van der Waals surface area contributed by atoms with Crippen LogP contribution in [0.1, 0.15) is 32.6 Å². The summed E-state index contributed by atoms with van der Waals surface area (Å²) in [6, 6.07) is 6.76. The first-order chi connectivity index (χ1) is 11.3. The van der Waals surface area contributed by atoms with Gasteiger partial charge in [-0.2, -0.15) is 0 Å². The van der Waals surface area contributed by atoms with Gasteiger partial charge in [0.15, 0.2) is 5.78 Å². The lowest BCUT2D eigenvalue weighted by atomic mass is 9.94. The molecule has 0 bridgehead atoms. The first-order valence-corrected chi connectivity index (χ1v) is 7.45. The molecule has 1 unspecified atom stereocenters. The zero-order valence-corrected chi connectivity index (χ0v) is 14.1. The molecule has 2 N–H and O–H groups in total. The second-order valence-electron chi connectivity index (χ2n) is 5.60. The molecule has 1 aromatic carbocycles. The van der Waals surface area contributed by atoms with Gasteiger partial charge < -0.3 is 10.5 Å². The average molecular weight is 328 g/mol. The number of amides is 1. The Hall–Kier alpha value is -2.57. The van der Waals surface area contributed by atoms with Crippen molar-refractivity contribution in [2.45, 2.75) is 27.0 Å². The van der Waals surface area contributed by atoms with E-state index in [-0.39, 0.29) is 28.7 Å². The predicted octanol–water partition coefficient (Wildman–Crippen LogP) is 2.02. The van der Waals surface area contributed by atoms with Gasteiger partial charge in [0.05, 0.1) is 0 Å². The SMILES string of the molecule is COC(N)c1ccc(N(C(C)=O)C2=C(C)C(=O)C(C)=CC2=O)cc1. The standard InChI is InChI=1S/C18H20N2O4/c1-10-9-15(22)16(11(2)17(10)23)20(12(3)21)14-7-5-13(6-8-14)18(19)24-4/h5-9,18H,19H2,1-4H3. The zero-order chi connectivity index (χ0) is 18.0. The van der Waals surface area contributed by atoms with E-state index in [1.165, 1.54) is 25.0 Å². The van der Waals surface area contributed by atoms with Gasteiger partial charge in [-0.3, -0.25) is 19.3 Å². The average Bonchev–Trinajstić information content (AvgIpc) is 2.56. The van der Waals surface area contributed by atoms with Crippen LogP contribution in [0.5, 0.6) is 0 Å². The molecular formula is C18H20N2O4. The van der Waals surface area contributed by atoms with Crippen molar-refractivity contribution in [2.24, 2.45) is 5.73 Å². The van der Waals surface area contributed by atoms with Crippen LogP contribution in [0.4, 0.5) is 5.69 Å². The van der Waals surface area contributed by atoms with E-state index in [1.54, 1.807) is 38.1 Å². The summed E-state index contributed by atoms with van der Waals surface area (Å²) < 4.78 is 5.04. The topological polar surface area (TPSA) is 89.7 Å². The van der Waals surface area contributed by atoms with Gasteiger partial charge in [-0.05, 0) is 37.6 Å². The smallest absolute Gasteiger partial charge is 0.228 e. The van der Waals surface area contributed by atoms with Gasteiger partial charge in [0, 0.05) is 30.9 Å². The molecule has 0 saturated carbocycles. The molecule has 0 heterocycles. The van der Waals surface area contributed by atoms with E-state index < -0.39 is 6.23 Å². The fourth-order valence-corrected chi connectivity index (χ4v) is 2.61. The number of carbonyl (C=O) groups is 3.